The average molecular weight is 759 g/mol. The Morgan fingerprint density at radius 3 is 2.43 bits per heavy atom. The van der Waals surface area contributed by atoms with Gasteiger partial charge in [0.1, 0.15) is 35.0 Å². The maximum atomic E-state index is 14.8. The Balaban J connectivity index is 1.07. The van der Waals surface area contributed by atoms with Crippen molar-refractivity contribution in [3.8, 4) is 0 Å². The van der Waals surface area contributed by atoms with Gasteiger partial charge in [-0.3, -0.25) is 14.5 Å². The lowest BCUT2D eigenvalue weighted by Gasteiger charge is -2.44. The molecule has 284 valence electrons. The summed E-state index contributed by atoms with van der Waals surface area (Å²) in [5, 5.41) is 14.1. The van der Waals surface area contributed by atoms with Crippen molar-refractivity contribution in [2.24, 2.45) is 0 Å². The van der Waals surface area contributed by atoms with Crippen molar-refractivity contribution in [1.82, 2.24) is 15.2 Å². The number of carbonyl (C=O) groups excluding carboxylic acids is 3. The highest BCUT2D eigenvalue weighted by molar-refractivity contribution is 6.31. The number of halogens is 4. The van der Waals surface area contributed by atoms with E-state index < -0.39 is 58.7 Å². The summed E-state index contributed by atoms with van der Waals surface area (Å²) in [6.07, 6.45) is 0.167. The Morgan fingerprint density at radius 2 is 1.77 bits per heavy atom. The van der Waals surface area contributed by atoms with E-state index in [9.17, 15) is 32.7 Å². The fraction of sp³-hybridized carbons (Fsp3) is 0.459. The molecule has 0 radical (unpaired) electrons. The second-order valence-electron chi connectivity index (χ2n) is 14.5. The molecule has 4 heterocycles. The molecule has 4 atom stereocenters. The van der Waals surface area contributed by atoms with E-state index in [1.807, 2.05) is 0 Å². The minimum absolute atomic E-state index is 0.0253. The molecule has 0 saturated carbocycles. The van der Waals surface area contributed by atoms with Gasteiger partial charge in [-0.25, -0.2) is 22.9 Å². The third-order valence-electron chi connectivity index (χ3n) is 9.71. The van der Waals surface area contributed by atoms with Crippen LogP contribution in [0.25, 0.3) is 0 Å². The molecule has 2 aromatic carbocycles. The molecule has 12 nitrogen and oxygen atoms in total. The van der Waals surface area contributed by atoms with Crippen LogP contribution < -0.4 is 20.0 Å². The van der Waals surface area contributed by atoms with E-state index in [2.05, 4.69) is 20.1 Å². The zero-order valence-electron chi connectivity index (χ0n) is 29.8. The Labute approximate surface area is 310 Å². The molecule has 16 heteroatoms. The number of aliphatic hydroxyl groups is 1. The van der Waals surface area contributed by atoms with Crippen LogP contribution in [0.15, 0.2) is 54.7 Å². The molecule has 3 saturated heterocycles. The summed E-state index contributed by atoms with van der Waals surface area (Å²) < 4.78 is 54.5. The number of rotatable bonds is 7. The van der Waals surface area contributed by atoms with Crippen LogP contribution in [-0.2, 0) is 19.1 Å². The van der Waals surface area contributed by atoms with Gasteiger partial charge in [-0.15, -0.1) is 0 Å². The largest absolute Gasteiger partial charge is 0.444 e. The number of hydrogen-bond donors (Lipinski definition) is 2. The third-order valence-corrected chi connectivity index (χ3v) is 9.93. The molecular formula is C37H42ClF3N6O6. The predicted octanol–water partition coefficient (Wildman–Crippen LogP) is 4.83. The number of alkyl carbamates (subject to hydrolysis) is 1. The quantitative estimate of drug-likeness (QED) is 0.326. The molecule has 1 unspecified atom stereocenters. The standard InChI is InChI=1S/C37H42ClF3N6O6/c1-36(2,3)53-35(50)43-30-19-27(21-52-32(30)28-18-23(39)5-7-29(28)41)45-11-13-46(14-12-45)31-8-6-25(20-42-31)47-10-9-37(51,34(47)49)33(48)44(4)26-16-22(38)15-24(40)17-26/h5-8,15-18,20,27,30,32,51H,9-14,19,21H2,1-4H3,(H,43,50)/t27?,30-,32+,37-/m0/s1. The molecule has 0 aliphatic carbocycles. The summed E-state index contributed by atoms with van der Waals surface area (Å²) in [6, 6.07) is 9.35. The number of carbonyl (C=O) groups is 3. The van der Waals surface area contributed by atoms with E-state index in [-0.39, 0.29) is 41.9 Å². The SMILES string of the molecule is CN(C(=O)[C@@]1(O)CCN(c2ccc(N3CCN(C4CO[C@H](c5cc(F)ccc5F)[C@@H](NC(=O)OC(C)(C)C)C4)CC3)nc2)C1=O)c1cc(F)cc(Cl)c1. The first kappa shape index (κ1) is 38.3. The van der Waals surface area contributed by atoms with Crippen LogP contribution in [0.3, 0.4) is 0 Å². The van der Waals surface area contributed by atoms with Crippen LogP contribution in [0.1, 0.15) is 45.3 Å². The summed E-state index contributed by atoms with van der Waals surface area (Å²) in [7, 11) is 1.34. The number of amides is 3. The molecule has 3 aromatic rings. The van der Waals surface area contributed by atoms with Crippen molar-refractivity contribution < 1.29 is 42.1 Å². The van der Waals surface area contributed by atoms with Crippen LogP contribution in [0.5, 0.6) is 0 Å². The molecule has 2 N–H and O–H groups in total. The second kappa shape index (κ2) is 15.1. The first-order valence-corrected chi connectivity index (χ1v) is 17.7. The molecule has 3 fully saturated rings. The molecular weight excluding hydrogens is 717 g/mol. The minimum atomic E-state index is -2.35. The van der Waals surface area contributed by atoms with Gasteiger partial charge in [-0.05, 0) is 75.7 Å². The van der Waals surface area contributed by atoms with E-state index >= 15 is 0 Å². The van der Waals surface area contributed by atoms with E-state index in [4.69, 9.17) is 21.1 Å². The number of anilines is 3. The van der Waals surface area contributed by atoms with Gasteiger partial charge in [0.15, 0.2) is 0 Å². The van der Waals surface area contributed by atoms with Crippen molar-refractivity contribution >= 4 is 46.7 Å². The Kier molecular flexibility index (Phi) is 10.9. The van der Waals surface area contributed by atoms with Crippen molar-refractivity contribution in [2.45, 2.75) is 63.0 Å². The van der Waals surface area contributed by atoms with E-state index in [0.29, 0.717) is 44.1 Å². The summed E-state index contributed by atoms with van der Waals surface area (Å²) in [5.41, 5.74) is -2.58. The Morgan fingerprint density at radius 1 is 1.04 bits per heavy atom. The fourth-order valence-corrected chi connectivity index (χ4v) is 7.24. The summed E-state index contributed by atoms with van der Waals surface area (Å²) >= 11 is 5.94. The zero-order valence-corrected chi connectivity index (χ0v) is 30.6. The predicted molar refractivity (Wildman–Crippen MR) is 191 cm³/mol. The first-order chi connectivity index (χ1) is 25.0. The van der Waals surface area contributed by atoms with Crippen molar-refractivity contribution in [3.63, 3.8) is 0 Å². The van der Waals surface area contributed by atoms with Gasteiger partial charge in [0.2, 0.25) is 5.60 Å². The van der Waals surface area contributed by atoms with Gasteiger partial charge in [-0.2, -0.15) is 0 Å². The molecule has 1 aromatic heterocycles. The highest BCUT2D eigenvalue weighted by atomic mass is 35.5. The van der Waals surface area contributed by atoms with Gasteiger partial charge >= 0.3 is 6.09 Å². The van der Waals surface area contributed by atoms with Crippen molar-refractivity contribution in [2.75, 3.05) is 61.1 Å². The maximum absolute atomic E-state index is 14.8. The van der Waals surface area contributed by atoms with E-state index in [1.54, 1.807) is 32.9 Å². The van der Waals surface area contributed by atoms with Gasteiger partial charge < -0.3 is 34.6 Å². The molecule has 53 heavy (non-hydrogen) atoms. The molecule has 0 spiro atoms. The van der Waals surface area contributed by atoms with Crippen molar-refractivity contribution in [1.29, 1.82) is 0 Å². The monoisotopic (exact) mass is 758 g/mol. The number of ether oxygens (including phenoxy) is 2. The van der Waals surface area contributed by atoms with Crippen LogP contribution in [0.4, 0.5) is 35.2 Å². The van der Waals surface area contributed by atoms with Crippen LogP contribution in [0.2, 0.25) is 5.02 Å². The van der Waals surface area contributed by atoms with Gasteiger partial charge in [0.25, 0.3) is 11.8 Å². The number of likely N-dealkylation sites (N-methyl/N-ethyl adjacent to an activating group) is 1. The van der Waals surface area contributed by atoms with Crippen LogP contribution in [-0.4, -0.2) is 103 Å². The molecule has 3 amide bonds. The molecule has 6 rings (SSSR count). The highest BCUT2D eigenvalue weighted by Gasteiger charge is 2.53. The molecule has 3 aliphatic rings. The number of aromatic nitrogens is 1. The molecule has 0 bridgehead atoms. The summed E-state index contributed by atoms with van der Waals surface area (Å²) in [5.74, 6) is -2.95. The fourth-order valence-electron chi connectivity index (χ4n) is 7.02. The highest BCUT2D eigenvalue weighted by Crippen LogP contribution is 2.35. The zero-order chi connectivity index (χ0) is 38.2. The number of hydrogen-bond acceptors (Lipinski definition) is 9. The van der Waals surface area contributed by atoms with Crippen LogP contribution >= 0.6 is 11.6 Å². The maximum Gasteiger partial charge on any atom is 0.407 e. The van der Waals surface area contributed by atoms with Crippen LogP contribution in [0, 0.1) is 17.5 Å². The minimum Gasteiger partial charge on any atom is -0.444 e. The summed E-state index contributed by atoms with van der Waals surface area (Å²) in [4.78, 5) is 50.6. The Bertz CT molecular complexity index is 1840. The normalized spacial score (nSPS) is 23.9. The van der Waals surface area contributed by atoms with Crippen molar-refractivity contribution in [3.05, 3.63) is 82.8 Å². The Hall–Kier alpha value is -4.44. The van der Waals surface area contributed by atoms with Gasteiger partial charge in [0.05, 0.1) is 24.5 Å². The second-order valence-corrected chi connectivity index (χ2v) is 15.0. The topological polar surface area (TPSA) is 128 Å². The average Bonchev–Trinajstić information content (AvgIpc) is 3.41. The smallest absolute Gasteiger partial charge is 0.407 e. The van der Waals surface area contributed by atoms with E-state index in [0.717, 1.165) is 35.2 Å². The molecule has 3 aliphatic heterocycles. The number of pyridine rings is 1. The lowest BCUT2D eigenvalue weighted by molar-refractivity contribution is -0.147. The number of nitrogens with zero attached hydrogens (tertiary/aromatic N) is 5. The van der Waals surface area contributed by atoms with E-state index in [1.165, 1.54) is 24.2 Å². The lowest BCUT2D eigenvalue weighted by Crippen LogP contribution is -2.57. The number of nitrogens with one attached hydrogen (secondary N) is 1. The lowest BCUT2D eigenvalue weighted by atomic mass is 9.92. The van der Waals surface area contributed by atoms with Gasteiger partial charge in [-0.1, -0.05) is 11.6 Å². The summed E-state index contributed by atoms with van der Waals surface area (Å²) in [6.45, 7) is 7.97. The number of benzene rings is 2. The first-order valence-electron chi connectivity index (χ1n) is 17.3. The third kappa shape index (κ3) is 8.38. The number of piperazine rings is 1. The van der Waals surface area contributed by atoms with Gasteiger partial charge in [0, 0.05) is 68.5 Å².